The van der Waals surface area contributed by atoms with Gasteiger partial charge in [0.2, 0.25) is 0 Å². The molecule has 1 aromatic carbocycles. The third-order valence-corrected chi connectivity index (χ3v) is 2.85. The maximum absolute atomic E-state index is 12.0. The molecule has 2 aromatic rings. The molecule has 6 heteroatoms. The molecule has 0 aliphatic carbocycles. The molecule has 1 heterocycles. The van der Waals surface area contributed by atoms with Crippen molar-refractivity contribution in [2.75, 3.05) is 0 Å². The van der Waals surface area contributed by atoms with Gasteiger partial charge in [0.05, 0.1) is 0 Å². The summed E-state index contributed by atoms with van der Waals surface area (Å²) in [6.07, 6.45) is -4.76. The summed E-state index contributed by atoms with van der Waals surface area (Å²) in [7, 11) is 0. The van der Waals surface area contributed by atoms with Crippen LogP contribution in [0.2, 0.25) is 0 Å². The monoisotopic (exact) mass is 260 g/mol. The summed E-state index contributed by atoms with van der Waals surface area (Å²) < 4.78 is 39.9. The number of alkyl halides is 3. The molecule has 0 bridgehead atoms. The maximum atomic E-state index is 12.0. The minimum Gasteiger partial charge on any atom is -0.508 e. The second-order valence-corrected chi connectivity index (χ2v) is 4.19. The van der Waals surface area contributed by atoms with Crippen molar-refractivity contribution in [2.24, 2.45) is 0 Å². The van der Waals surface area contributed by atoms with Gasteiger partial charge in [-0.25, -0.2) is 0 Å². The first-order valence-electron chi connectivity index (χ1n) is 4.58. The number of phenolic OH excluding ortho intramolecular Hbond substituents is 1. The molecular formula is C11H7F3O2S. The Morgan fingerprint density at radius 3 is 2.53 bits per heavy atom. The van der Waals surface area contributed by atoms with Gasteiger partial charge in [-0.1, -0.05) is 6.07 Å². The van der Waals surface area contributed by atoms with Gasteiger partial charge in [0.15, 0.2) is 0 Å². The van der Waals surface area contributed by atoms with E-state index in [1.165, 1.54) is 23.5 Å². The van der Waals surface area contributed by atoms with Crippen molar-refractivity contribution < 1.29 is 23.0 Å². The second kappa shape index (κ2) is 4.29. The van der Waals surface area contributed by atoms with Crippen LogP contribution in [0.5, 0.6) is 11.5 Å². The molecule has 0 atom stereocenters. The first kappa shape index (κ1) is 11.8. The van der Waals surface area contributed by atoms with Crippen LogP contribution in [-0.4, -0.2) is 11.5 Å². The van der Waals surface area contributed by atoms with Gasteiger partial charge in [-0.3, -0.25) is 0 Å². The predicted molar refractivity (Wildman–Crippen MR) is 58.1 cm³/mol. The highest BCUT2D eigenvalue weighted by molar-refractivity contribution is 7.13. The molecule has 0 aliphatic heterocycles. The Labute approximate surface area is 98.9 Å². The van der Waals surface area contributed by atoms with Gasteiger partial charge in [0, 0.05) is 10.9 Å². The van der Waals surface area contributed by atoms with Crippen LogP contribution >= 0.6 is 11.3 Å². The summed E-state index contributed by atoms with van der Waals surface area (Å²) >= 11 is 1.36. The number of hydrogen-bond acceptors (Lipinski definition) is 3. The molecule has 90 valence electrons. The zero-order valence-electron chi connectivity index (χ0n) is 8.36. The first-order chi connectivity index (χ1) is 7.94. The lowest BCUT2D eigenvalue weighted by Crippen LogP contribution is -2.17. The smallest absolute Gasteiger partial charge is 0.508 e. The summed E-state index contributed by atoms with van der Waals surface area (Å²) in [5.41, 5.74) is 0.485. The van der Waals surface area contributed by atoms with Crippen LogP contribution in [0, 0.1) is 0 Å². The number of benzene rings is 1. The number of rotatable bonds is 2. The zero-order valence-corrected chi connectivity index (χ0v) is 9.18. The first-order valence-corrected chi connectivity index (χ1v) is 5.46. The lowest BCUT2D eigenvalue weighted by atomic mass is 10.1. The van der Waals surface area contributed by atoms with E-state index in [1.807, 2.05) is 0 Å². The Morgan fingerprint density at radius 2 is 1.94 bits per heavy atom. The van der Waals surface area contributed by atoms with Gasteiger partial charge >= 0.3 is 6.36 Å². The molecule has 0 amide bonds. The van der Waals surface area contributed by atoms with Crippen LogP contribution in [0.4, 0.5) is 13.2 Å². The lowest BCUT2D eigenvalue weighted by Gasteiger charge is -2.10. The number of thiophene rings is 1. The van der Waals surface area contributed by atoms with E-state index in [-0.39, 0.29) is 5.75 Å². The fraction of sp³-hybridized carbons (Fsp3) is 0.0909. The van der Waals surface area contributed by atoms with Crippen LogP contribution in [0.15, 0.2) is 35.7 Å². The number of hydrogen-bond donors (Lipinski definition) is 1. The van der Waals surface area contributed by atoms with Crippen LogP contribution in [0.25, 0.3) is 10.4 Å². The minimum absolute atomic E-state index is 0.268. The molecular weight excluding hydrogens is 253 g/mol. The van der Waals surface area contributed by atoms with Crippen LogP contribution in [-0.2, 0) is 0 Å². The van der Waals surface area contributed by atoms with E-state index in [0.29, 0.717) is 5.56 Å². The third-order valence-electron chi connectivity index (χ3n) is 1.93. The normalized spacial score (nSPS) is 11.5. The molecule has 0 aliphatic rings. The van der Waals surface area contributed by atoms with Crippen molar-refractivity contribution in [3.8, 4) is 21.9 Å². The summed E-state index contributed by atoms with van der Waals surface area (Å²) in [6, 6.07) is 7.06. The Morgan fingerprint density at radius 1 is 1.18 bits per heavy atom. The zero-order chi connectivity index (χ0) is 12.5. The van der Waals surface area contributed by atoms with Crippen molar-refractivity contribution in [1.82, 2.24) is 0 Å². The highest BCUT2D eigenvalue weighted by Gasteiger charge is 2.31. The van der Waals surface area contributed by atoms with Gasteiger partial charge in [0.25, 0.3) is 0 Å². The van der Waals surface area contributed by atoms with Crippen molar-refractivity contribution in [1.29, 1.82) is 0 Å². The number of aromatic hydroxyl groups is 1. The Bertz CT molecular complexity index is 506. The van der Waals surface area contributed by atoms with E-state index in [0.717, 1.165) is 10.9 Å². The van der Waals surface area contributed by atoms with E-state index in [4.69, 9.17) is 0 Å². The predicted octanol–water partition coefficient (Wildman–Crippen LogP) is 4.02. The van der Waals surface area contributed by atoms with E-state index < -0.39 is 12.1 Å². The molecule has 0 radical (unpaired) electrons. The number of ether oxygens (including phenoxy) is 1. The van der Waals surface area contributed by atoms with Gasteiger partial charge in [-0.2, -0.15) is 0 Å². The topological polar surface area (TPSA) is 29.5 Å². The van der Waals surface area contributed by atoms with Crippen LogP contribution in [0.3, 0.4) is 0 Å². The molecule has 0 saturated carbocycles. The van der Waals surface area contributed by atoms with Crippen LogP contribution < -0.4 is 4.74 Å². The molecule has 2 nitrogen and oxygen atoms in total. The largest absolute Gasteiger partial charge is 0.573 e. The third kappa shape index (κ3) is 3.13. The summed E-state index contributed by atoms with van der Waals surface area (Å²) in [5, 5.41) is 11.1. The average molecular weight is 260 g/mol. The molecule has 17 heavy (non-hydrogen) atoms. The van der Waals surface area contributed by atoms with E-state index in [9.17, 15) is 18.3 Å². The molecule has 0 unspecified atom stereocenters. The summed E-state index contributed by atoms with van der Waals surface area (Å²) in [6.45, 7) is 0. The van der Waals surface area contributed by atoms with Gasteiger partial charge in [0.1, 0.15) is 11.5 Å². The Kier molecular flexibility index (Phi) is 2.97. The summed E-state index contributed by atoms with van der Waals surface area (Å²) in [5.74, 6) is -0.698. The maximum Gasteiger partial charge on any atom is 0.573 e. The van der Waals surface area contributed by atoms with Crippen molar-refractivity contribution in [2.45, 2.75) is 6.36 Å². The SMILES string of the molecule is Oc1cc(OC(F)(F)F)cc(-c2cccs2)c1. The molecule has 1 aromatic heterocycles. The lowest BCUT2D eigenvalue weighted by molar-refractivity contribution is -0.274. The highest BCUT2D eigenvalue weighted by atomic mass is 32.1. The van der Waals surface area contributed by atoms with Crippen LogP contribution in [0.1, 0.15) is 0 Å². The fourth-order valence-corrected chi connectivity index (χ4v) is 2.08. The van der Waals surface area contributed by atoms with Gasteiger partial charge in [-0.15, -0.1) is 24.5 Å². The second-order valence-electron chi connectivity index (χ2n) is 3.24. The molecule has 1 N–H and O–H groups in total. The molecule has 0 saturated heterocycles. The quantitative estimate of drug-likeness (QED) is 0.883. The minimum atomic E-state index is -4.76. The number of phenols is 1. The highest BCUT2D eigenvalue weighted by Crippen LogP contribution is 2.33. The molecule has 0 fully saturated rings. The van der Waals surface area contributed by atoms with Crippen molar-refractivity contribution in [3.05, 3.63) is 35.7 Å². The van der Waals surface area contributed by atoms with Crippen molar-refractivity contribution in [3.63, 3.8) is 0 Å². The number of halogens is 3. The fourth-order valence-electron chi connectivity index (χ4n) is 1.36. The Hall–Kier alpha value is -1.69. The average Bonchev–Trinajstić information content (AvgIpc) is 2.65. The molecule has 0 spiro atoms. The van der Waals surface area contributed by atoms with Gasteiger partial charge in [-0.05, 0) is 29.1 Å². The van der Waals surface area contributed by atoms with E-state index >= 15 is 0 Å². The van der Waals surface area contributed by atoms with Gasteiger partial charge < -0.3 is 9.84 Å². The van der Waals surface area contributed by atoms with E-state index in [1.54, 1.807) is 17.5 Å². The van der Waals surface area contributed by atoms with E-state index in [2.05, 4.69) is 4.74 Å². The van der Waals surface area contributed by atoms with Crippen molar-refractivity contribution >= 4 is 11.3 Å². The molecule has 2 rings (SSSR count). The summed E-state index contributed by atoms with van der Waals surface area (Å²) in [4.78, 5) is 0.757. The standard InChI is InChI=1S/C11H7F3O2S/c12-11(13,14)16-9-5-7(4-8(15)6-9)10-2-1-3-17-10/h1-6,15H. The Balaban J connectivity index is 2.36.